The van der Waals surface area contributed by atoms with Crippen LogP contribution >= 0.6 is 23.2 Å². The van der Waals surface area contributed by atoms with Gasteiger partial charge in [0.15, 0.2) is 6.10 Å². The van der Waals surface area contributed by atoms with Crippen LogP contribution in [0.1, 0.15) is 31.0 Å². The Labute approximate surface area is 239 Å². The SMILES string of the molecule is CC(C)[C@H](NC(=O)[C@@H](NC(=O)[C@H](Cc1cccnc1)Oc1cc(Cl)cc(Cl)c1)c1ccccc1)C(=O)C(F)(F)F. The molecule has 12 heteroatoms. The van der Waals surface area contributed by atoms with Gasteiger partial charge in [0.05, 0.1) is 6.04 Å². The Kier molecular flexibility index (Phi) is 10.5. The number of amides is 2. The zero-order chi connectivity index (χ0) is 29.4. The predicted octanol–water partition coefficient (Wildman–Crippen LogP) is 5.51. The number of rotatable bonds is 11. The number of Topliss-reactive ketones (excluding diaryl/α,β-unsaturated/α-hetero) is 1. The maximum atomic E-state index is 13.6. The van der Waals surface area contributed by atoms with Crippen molar-refractivity contribution in [3.05, 3.63) is 94.2 Å². The molecule has 0 radical (unpaired) electrons. The molecule has 0 aliphatic heterocycles. The molecule has 40 heavy (non-hydrogen) atoms. The van der Waals surface area contributed by atoms with Gasteiger partial charge in [-0.05, 0) is 41.3 Å². The highest BCUT2D eigenvalue weighted by Crippen LogP contribution is 2.26. The van der Waals surface area contributed by atoms with Gasteiger partial charge < -0.3 is 15.4 Å². The number of hydrogen-bond acceptors (Lipinski definition) is 5. The van der Waals surface area contributed by atoms with E-state index in [1.54, 1.807) is 36.5 Å². The molecular formula is C28H26Cl2F3N3O4. The van der Waals surface area contributed by atoms with Gasteiger partial charge in [0.2, 0.25) is 5.91 Å². The molecule has 3 rings (SSSR count). The van der Waals surface area contributed by atoms with Crippen LogP contribution in [0.5, 0.6) is 5.75 Å². The second-order valence-electron chi connectivity index (χ2n) is 9.22. The van der Waals surface area contributed by atoms with Gasteiger partial charge in [-0.1, -0.05) is 73.4 Å². The summed E-state index contributed by atoms with van der Waals surface area (Å²) in [6.45, 7) is 2.75. The molecule has 212 valence electrons. The van der Waals surface area contributed by atoms with Crippen molar-refractivity contribution in [1.82, 2.24) is 15.6 Å². The fraction of sp³-hybridized carbons (Fsp3) is 0.286. The molecule has 0 aliphatic rings. The molecule has 2 N–H and O–H groups in total. The topological polar surface area (TPSA) is 97.4 Å². The van der Waals surface area contributed by atoms with E-state index in [9.17, 15) is 27.6 Å². The van der Waals surface area contributed by atoms with Gasteiger partial charge in [-0.25, -0.2) is 0 Å². The van der Waals surface area contributed by atoms with Crippen LogP contribution in [0, 0.1) is 5.92 Å². The number of halogens is 5. The lowest BCUT2D eigenvalue weighted by Crippen LogP contribution is -2.53. The molecule has 1 heterocycles. The monoisotopic (exact) mass is 595 g/mol. The zero-order valence-electron chi connectivity index (χ0n) is 21.4. The summed E-state index contributed by atoms with van der Waals surface area (Å²) in [6, 6.07) is 12.4. The van der Waals surface area contributed by atoms with Crippen LogP contribution in [0.15, 0.2) is 73.1 Å². The van der Waals surface area contributed by atoms with Crippen molar-refractivity contribution >= 4 is 40.8 Å². The number of alkyl halides is 3. The first-order chi connectivity index (χ1) is 18.8. The van der Waals surface area contributed by atoms with Crippen molar-refractivity contribution in [2.45, 2.75) is 44.6 Å². The van der Waals surface area contributed by atoms with Gasteiger partial charge in [-0.3, -0.25) is 19.4 Å². The molecule has 0 saturated heterocycles. The molecule has 0 spiro atoms. The van der Waals surface area contributed by atoms with Gasteiger partial charge in [0, 0.05) is 28.9 Å². The van der Waals surface area contributed by atoms with Crippen LogP contribution in [0.4, 0.5) is 13.2 Å². The van der Waals surface area contributed by atoms with E-state index < -0.39 is 47.9 Å². The molecule has 0 unspecified atom stereocenters. The van der Waals surface area contributed by atoms with Crippen LogP contribution in [-0.2, 0) is 20.8 Å². The summed E-state index contributed by atoms with van der Waals surface area (Å²) < 4.78 is 45.5. The third-order valence-corrected chi connectivity index (χ3v) is 6.20. The lowest BCUT2D eigenvalue weighted by molar-refractivity contribution is -0.175. The number of aromatic nitrogens is 1. The Morgan fingerprint density at radius 2 is 1.57 bits per heavy atom. The highest BCUT2D eigenvalue weighted by molar-refractivity contribution is 6.34. The Balaban J connectivity index is 1.92. The van der Waals surface area contributed by atoms with Gasteiger partial charge in [0.25, 0.3) is 11.7 Å². The summed E-state index contributed by atoms with van der Waals surface area (Å²) in [5, 5.41) is 5.27. The van der Waals surface area contributed by atoms with Crippen molar-refractivity contribution < 1.29 is 32.3 Å². The van der Waals surface area contributed by atoms with Crippen LogP contribution in [0.2, 0.25) is 10.0 Å². The second-order valence-corrected chi connectivity index (χ2v) is 10.1. The molecule has 1 aromatic heterocycles. The van der Waals surface area contributed by atoms with Crippen molar-refractivity contribution in [3.8, 4) is 5.75 Å². The van der Waals surface area contributed by atoms with Gasteiger partial charge in [-0.15, -0.1) is 0 Å². The molecular weight excluding hydrogens is 570 g/mol. The van der Waals surface area contributed by atoms with E-state index in [0.717, 1.165) is 0 Å². The number of nitrogens with zero attached hydrogens (tertiary/aromatic N) is 1. The maximum absolute atomic E-state index is 13.6. The molecule has 0 bridgehead atoms. The third kappa shape index (κ3) is 8.69. The molecule has 2 aromatic carbocycles. The van der Waals surface area contributed by atoms with Gasteiger partial charge >= 0.3 is 6.18 Å². The molecule has 0 saturated carbocycles. The number of benzene rings is 2. The van der Waals surface area contributed by atoms with E-state index in [0.29, 0.717) is 5.56 Å². The van der Waals surface area contributed by atoms with Gasteiger partial charge in [0.1, 0.15) is 11.8 Å². The highest BCUT2D eigenvalue weighted by Gasteiger charge is 2.45. The summed E-state index contributed by atoms with van der Waals surface area (Å²) in [4.78, 5) is 43.0. The standard InChI is InChI=1S/C28H26Cl2F3N3O4/c1-16(2)23(25(37)28(31,32)33)35-27(39)24(18-8-4-3-5-9-18)36-26(38)22(11-17-7-6-10-34-15-17)40-21-13-19(29)12-20(30)14-21/h3-10,12-16,22-24H,11H2,1-2H3,(H,35,39)(H,36,38)/t22-,23-,24-/m0/s1. The summed E-state index contributed by atoms with van der Waals surface area (Å²) in [5.41, 5.74) is 0.911. The summed E-state index contributed by atoms with van der Waals surface area (Å²) in [6.07, 6.45) is -3.27. The van der Waals surface area contributed by atoms with E-state index >= 15 is 0 Å². The number of pyridine rings is 1. The van der Waals surface area contributed by atoms with Crippen molar-refractivity contribution in [2.75, 3.05) is 0 Å². The third-order valence-electron chi connectivity index (χ3n) is 5.76. The van der Waals surface area contributed by atoms with Crippen molar-refractivity contribution in [2.24, 2.45) is 5.92 Å². The lowest BCUT2D eigenvalue weighted by atomic mass is 9.97. The molecule has 3 atom stereocenters. The summed E-state index contributed by atoms with van der Waals surface area (Å²) in [7, 11) is 0. The molecule has 3 aromatic rings. The average molecular weight is 596 g/mol. The quantitative estimate of drug-likeness (QED) is 0.305. The molecule has 0 aliphatic carbocycles. The summed E-state index contributed by atoms with van der Waals surface area (Å²) >= 11 is 12.2. The minimum absolute atomic E-state index is 0.0219. The van der Waals surface area contributed by atoms with E-state index in [-0.39, 0.29) is 27.8 Å². The van der Waals surface area contributed by atoms with Crippen LogP contribution < -0.4 is 15.4 Å². The lowest BCUT2D eigenvalue weighted by Gasteiger charge is -2.27. The molecule has 7 nitrogen and oxygen atoms in total. The Morgan fingerprint density at radius 1 is 0.925 bits per heavy atom. The number of hydrogen-bond donors (Lipinski definition) is 2. The second kappa shape index (κ2) is 13.6. The van der Waals surface area contributed by atoms with E-state index in [4.69, 9.17) is 27.9 Å². The van der Waals surface area contributed by atoms with Crippen LogP contribution in [-0.4, -0.2) is 40.9 Å². The first kappa shape index (κ1) is 30.9. The average Bonchev–Trinajstić information content (AvgIpc) is 2.89. The Hall–Kier alpha value is -3.63. The summed E-state index contributed by atoms with van der Waals surface area (Å²) in [5.74, 6) is -4.55. The first-order valence-electron chi connectivity index (χ1n) is 12.1. The smallest absolute Gasteiger partial charge is 0.452 e. The Morgan fingerprint density at radius 3 is 2.12 bits per heavy atom. The minimum Gasteiger partial charge on any atom is -0.480 e. The van der Waals surface area contributed by atoms with E-state index in [2.05, 4.69) is 15.6 Å². The van der Waals surface area contributed by atoms with E-state index in [1.807, 2.05) is 0 Å². The number of carbonyl (C=O) groups excluding carboxylic acids is 3. The van der Waals surface area contributed by atoms with Gasteiger partial charge in [-0.2, -0.15) is 13.2 Å². The Bertz CT molecular complexity index is 1310. The minimum atomic E-state index is -5.16. The maximum Gasteiger partial charge on any atom is 0.452 e. The fourth-order valence-corrected chi connectivity index (χ4v) is 4.32. The van der Waals surface area contributed by atoms with Crippen molar-refractivity contribution in [1.29, 1.82) is 0 Å². The largest absolute Gasteiger partial charge is 0.480 e. The predicted molar refractivity (Wildman–Crippen MR) is 144 cm³/mol. The van der Waals surface area contributed by atoms with Crippen molar-refractivity contribution in [3.63, 3.8) is 0 Å². The first-order valence-corrected chi connectivity index (χ1v) is 12.9. The van der Waals surface area contributed by atoms with Crippen LogP contribution in [0.3, 0.4) is 0 Å². The number of carbonyl (C=O) groups is 3. The molecule has 2 amide bonds. The fourth-order valence-electron chi connectivity index (χ4n) is 3.81. The normalized spacial score (nSPS) is 13.7. The number of ether oxygens (including phenoxy) is 1. The molecule has 0 fully saturated rings. The zero-order valence-corrected chi connectivity index (χ0v) is 22.9. The number of ketones is 1. The highest BCUT2D eigenvalue weighted by atomic mass is 35.5. The van der Waals surface area contributed by atoms with Crippen LogP contribution in [0.25, 0.3) is 0 Å². The van der Waals surface area contributed by atoms with E-state index in [1.165, 1.54) is 50.4 Å². The number of nitrogens with one attached hydrogen (secondary N) is 2.